The quantitative estimate of drug-likeness (QED) is 0.856. The maximum absolute atomic E-state index is 11.3. The van der Waals surface area contributed by atoms with Crippen LogP contribution in [0.1, 0.15) is 11.3 Å². The molecule has 2 aromatic rings. The van der Waals surface area contributed by atoms with Crippen molar-refractivity contribution in [2.24, 2.45) is 12.8 Å². The summed E-state index contributed by atoms with van der Waals surface area (Å²) in [6.07, 6.45) is 0.470. The second kappa shape index (κ2) is 5.88. The smallest absolute Gasteiger partial charge is 0.322 e. The van der Waals surface area contributed by atoms with Crippen LogP contribution < -0.4 is 5.73 Å². The molecule has 0 aliphatic rings. The first-order chi connectivity index (χ1) is 9.51. The minimum absolute atomic E-state index is 0.392. The van der Waals surface area contributed by atoms with Gasteiger partial charge in [0.1, 0.15) is 6.04 Å². The van der Waals surface area contributed by atoms with Gasteiger partial charge in [-0.25, -0.2) is 0 Å². The highest BCUT2D eigenvalue weighted by molar-refractivity contribution is 5.75. The Morgan fingerprint density at radius 3 is 2.55 bits per heavy atom. The molecule has 0 unspecified atom stereocenters. The number of esters is 1. The van der Waals surface area contributed by atoms with Crippen LogP contribution in [0.5, 0.6) is 0 Å². The van der Waals surface area contributed by atoms with Crippen molar-refractivity contribution >= 4 is 5.97 Å². The van der Waals surface area contributed by atoms with Crippen LogP contribution in [0, 0.1) is 6.92 Å². The van der Waals surface area contributed by atoms with E-state index < -0.39 is 12.0 Å². The highest BCUT2D eigenvalue weighted by Crippen LogP contribution is 2.20. The van der Waals surface area contributed by atoms with E-state index in [1.165, 1.54) is 7.11 Å². The average Bonchev–Trinajstić information content (AvgIpc) is 2.77. The van der Waals surface area contributed by atoms with Gasteiger partial charge in [-0.2, -0.15) is 5.10 Å². The molecule has 0 fully saturated rings. The summed E-state index contributed by atoms with van der Waals surface area (Å²) in [5.41, 5.74) is 9.89. The zero-order valence-electron chi connectivity index (χ0n) is 12.0. The number of rotatable bonds is 4. The Morgan fingerprint density at radius 1 is 1.40 bits per heavy atom. The summed E-state index contributed by atoms with van der Waals surface area (Å²) in [5, 5.41) is 4.33. The van der Waals surface area contributed by atoms with Gasteiger partial charge in [-0.05, 0) is 30.5 Å². The lowest BCUT2D eigenvalue weighted by molar-refractivity contribution is -0.142. The molecule has 0 spiro atoms. The number of methoxy groups -OCH3 is 1. The maximum atomic E-state index is 11.3. The van der Waals surface area contributed by atoms with E-state index in [9.17, 15) is 4.79 Å². The lowest BCUT2D eigenvalue weighted by atomic mass is 10.0. The predicted octanol–water partition coefficient (Wildman–Crippen LogP) is 1.44. The van der Waals surface area contributed by atoms with Crippen LogP contribution in [0.25, 0.3) is 11.3 Å². The number of aryl methyl sites for hydroxylation is 2. The van der Waals surface area contributed by atoms with Crippen molar-refractivity contribution < 1.29 is 9.53 Å². The van der Waals surface area contributed by atoms with Gasteiger partial charge in [0.2, 0.25) is 0 Å². The molecule has 1 heterocycles. The van der Waals surface area contributed by atoms with E-state index >= 15 is 0 Å². The van der Waals surface area contributed by atoms with Crippen LogP contribution in [0.3, 0.4) is 0 Å². The zero-order valence-corrected chi connectivity index (χ0v) is 12.0. The predicted molar refractivity (Wildman–Crippen MR) is 77.1 cm³/mol. The molecular formula is C15H19N3O2. The normalized spacial score (nSPS) is 12.2. The number of hydrogen-bond donors (Lipinski definition) is 1. The first kappa shape index (κ1) is 14.3. The van der Waals surface area contributed by atoms with Gasteiger partial charge < -0.3 is 10.5 Å². The number of carbonyl (C=O) groups excluding carboxylic acids is 1. The number of carbonyl (C=O) groups is 1. The van der Waals surface area contributed by atoms with Crippen molar-refractivity contribution in [3.8, 4) is 11.3 Å². The topological polar surface area (TPSA) is 70.1 Å². The summed E-state index contributed by atoms with van der Waals surface area (Å²) in [6, 6.07) is 9.38. The number of nitrogens with zero attached hydrogens (tertiary/aromatic N) is 2. The molecule has 0 saturated carbocycles. The van der Waals surface area contributed by atoms with Crippen molar-refractivity contribution in [2.45, 2.75) is 19.4 Å². The van der Waals surface area contributed by atoms with Gasteiger partial charge in [0.15, 0.2) is 0 Å². The molecule has 0 saturated heterocycles. The summed E-state index contributed by atoms with van der Waals surface area (Å²) < 4.78 is 6.47. The van der Waals surface area contributed by atoms with Gasteiger partial charge in [0.05, 0.1) is 18.5 Å². The van der Waals surface area contributed by atoms with Gasteiger partial charge in [-0.1, -0.05) is 24.3 Å². The number of nitrogens with two attached hydrogens (primary N) is 1. The van der Waals surface area contributed by atoms with E-state index in [4.69, 9.17) is 5.73 Å². The highest BCUT2D eigenvalue weighted by Gasteiger charge is 2.14. The Kier molecular flexibility index (Phi) is 4.20. The van der Waals surface area contributed by atoms with E-state index in [1.54, 1.807) is 0 Å². The molecule has 0 aliphatic carbocycles. The van der Waals surface area contributed by atoms with Crippen LogP contribution in [0.2, 0.25) is 0 Å². The van der Waals surface area contributed by atoms with Crippen molar-refractivity contribution in [2.75, 3.05) is 7.11 Å². The Balaban J connectivity index is 2.14. The first-order valence-electron chi connectivity index (χ1n) is 6.44. The van der Waals surface area contributed by atoms with Crippen molar-refractivity contribution in [3.63, 3.8) is 0 Å². The zero-order chi connectivity index (χ0) is 14.7. The van der Waals surface area contributed by atoms with E-state index in [2.05, 4.69) is 9.84 Å². The van der Waals surface area contributed by atoms with E-state index in [1.807, 2.05) is 49.0 Å². The van der Waals surface area contributed by atoms with Gasteiger partial charge in [0, 0.05) is 7.05 Å². The molecule has 1 aromatic heterocycles. The van der Waals surface area contributed by atoms with E-state index in [0.29, 0.717) is 6.42 Å². The van der Waals surface area contributed by atoms with Gasteiger partial charge in [-0.15, -0.1) is 0 Å². The molecule has 20 heavy (non-hydrogen) atoms. The average molecular weight is 273 g/mol. The number of aromatic nitrogens is 2. The molecule has 1 aromatic carbocycles. The Morgan fingerprint density at radius 2 is 2.05 bits per heavy atom. The summed E-state index contributed by atoms with van der Waals surface area (Å²) in [6.45, 7) is 1.97. The third-order valence-corrected chi connectivity index (χ3v) is 3.21. The molecular weight excluding hydrogens is 254 g/mol. The SMILES string of the molecule is COC(=O)[C@@H](N)Cc1ccc(-c2cc(C)nn2C)cc1. The standard InChI is InChI=1S/C15H19N3O2/c1-10-8-14(18(2)17-10)12-6-4-11(5-7-12)9-13(16)15(19)20-3/h4-8,13H,9,16H2,1-3H3/t13-/m0/s1. The largest absolute Gasteiger partial charge is 0.468 e. The minimum Gasteiger partial charge on any atom is -0.468 e. The molecule has 1 atom stereocenters. The molecule has 0 radical (unpaired) electrons. The third kappa shape index (κ3) is 3.05. The molecule has 5 nitrogen and oxygen atoms in total. The molecule has 2 N–H and O–H groups in total. The Labute approximate surface area is 118 Å². The van der Waals surface area contributed by atoms with Crippen LogP contribution >= 0.6 is 0 Å². The van der Waals surface area contributed by atoms with Crippen molar-refractivity contribution in [1.29, 1.82) is 0 Å². The summed E-state index contributed by atoms with van der Waals surface area (Å²) in [4.78, 5) is 11.3. The minimum atomic E-state index is -0.621. The summed E-state index contributed by atoms with van der Waals surface area (Å²) in [5.74, 6) is -0.392. The lowest BCUT2D eigenvalue weighted by Crippen LogP contribution is -2.33. The van der Waals surface area contributed by atoms with Crippen LogP contribution in [0.15, 0.2) is 30.3 Å². The lowest BCUT2D eigenvalue weighted by Gasteiger charge is -2.09. The fourth-order valence-corrected chi connectivity index (χ4v) is 2.18. The van der Waals surface area contributed by atoms with Gasteiger partial charge in [0.25, 0.3) is 0 Å². The third-order valence-electron chi connectivity index (χ3n) is 3.21. The molecule has 5 heteroatoms. The van der Waals surface area contributed by atoms with Gasteiger partial charge in [-0.3, -0.25) is 9.48 Å². The Hall–Kier alpha value is -2.14. The summed E-state index contributed by atoms with van der Waals surface area (Å²) in [7, 11) is 3.26. The molecule has 0 bridgehead atoms. The fourth-order valence-electron chi connectivity index (χ4n) is 2.18. The fraction of sp³-hybridized carbons (Fsp3) is 0.333. The summed E-state index contributed by atoms with van der Waals surface area (Å²) >= 11 is 0. The molecule has 2 rings (SSSR count). The van der Waals surface area contributed by atoms with E-state index in [-0.39, 0.29) is 0 Å². The number of ether oxygens (including phenoxy) is 1. The van der Waals surface area contributed by atoms with Crippen molar-refractivity contribution in [1.82, 2.24) is 9.78 Å². The first-order valence-corrected chi connectivity index (χ1v) is 6.44. The second-order valence-electron chi connectivity index (χ2n) is 4.83. The van der Waals surface area contributed by atoms with Gasteiger partial charge >= 0.3 is 5.97 Å². The molecule has 0 amide bonds. The van der Waals surface area contributed by atoms with Crippen LogP contribution in [-0.4, -0.2) is 28.9 Å². The van der Waals surface area contributed by atoms with Crippen LogP contribution in [-0.2, 0) is 23.0 Å². The highest BCUT2D eigenvalue weighted by atomic mass is 16.5. The Bertz CT molecular complexity index is 602. The monoisotopic (exact) mass is 273 g/mol. The molecule has 106 valence electrons. The van der Waals surface area contributed by atoms with Crippen molar-refractivity contribution in [3.05, 3.63) is 41.6 Å². The number of hydrogen-bond acceptors (Lipinski definition) is 4. The maximum Gasteiger partial charge on any atom is 0.322 e. The van der Waals surface area contributed by atoms with E-state index in [0.717, 1.165) is 22.5 Å². The van der Waals surface area contributed by atoms with Crippen LogP contribution in [0.4, 0.5) is 0 Å². The second-order valence-corrected chi connectivity index (χ2v) is 4.83. The molecule has 0 aliphatic heterocycles. The number of benzene rings is 1.